The summed E-state index contributed by atoms with van der Waals surface area (Å²) in [4.78, 5) is 37.7. The summed E-state index contributed by atoms with van der Waals surface area (Å²) < 4.78 is 16.6. The summed E-state index contributed by atoms with van der Waals surface area (Å²) in [5.74, 6) is -0.735. The maximum Gasteiger partial charge on any atom is 0.335 e. The van der Waals surface area contributed by atoms with E-state index >= 15 is 0 Å². The second-order valence-corrected chi connectivity index (χ2v) is 5.63. The Kier molecular flexibility index (Phi) is 2.91. The quantitative estimate of drug-likeness (QED) is 0.725. The molecule has 2 aromatic heterocycles. The summed E-state index contributed by atoms with van der Waals surface area (Å²) >= 11 is 0.862. The van der Waals surface area contributed by atoms with Crippen LogP contribution in [0.15, 0.2) is 32.6 Å². The van der Waals surface area contributed by atoms with Gasteiger partial charge in [-0.2, -0.15) is 0 Å². The fourth-order valence-electron chi connectivity index (χ4n) is 2.09. The Balaban J connectivity index is 2.43. The van der Waals surface area contributed by atoms with Gasteiger partial charge >= 0.3 is 10.6 Å². The number of halogens is 1. The van der Waals surface area contributed by atoms with E-state index in [2.05, 4.69) is 4.98 Å². The Morgan fingerprint density at radius 2 is 1.90 bits per heavy atom. The van der Waals surface area contributed by atoms with E-state index in [9.17, 15) is 18.8 Å². The van der Waals surface area contributed by atoms with Crippen LogP contribution >= 0.6 is 11.3 Å². The number of rotatable bonds is 1. The number of thiazole rings is 1. The van der Waals surface area contributed by atoms with Crippen molar-refractivity contribution in [2.45, 2.75) is 6.92 Å². The van der Waals surface area contributed by atoms with Crippen molar-refractivity contribution in [3.8, 4) is 5.69 Å². The third kappa shape index (κ3) is 2.04. The summed E-state index contributed by atoms with van der Waals surface area (Å²) in [6, 6.07) is 3.68. The summed E-state index contributed by atoms with van der Waals surface area (Å²) in [7, 11) is 1.50. The highest BCUT2D eigenvalue weighted by molar-refractivity contribution is 7.16. The van der Waals surface area contributed by atoms with Crippen LogP contribution < -0.4 is 16.1 Å². The van der Waals surface area contributed by atoms with E-state index < -0.39 is 17.1 Å². The van der Waals surface area contributed by atoms with E-state index in [0.717, 1.165) is 22.0 Å². The van der Waals surface area contributed by atoms with Crippen molar-refractivity contribution >= 4 is 21.6 Å². The van der Waals surface area contributed by atoms with Crippen LogP contribution in [0.3, 0.4) is 0 Å². The number of hydrogen-bond acceptors (Lipinski definition) is 4. The molecule has 0 saturated heterocycles. The second kappa shape index (κ2) is 4.52. The molecule has 2 heterocycles. The lowest BCUT2D eigenvalue weighted by Crippen LogP contribution is -2.38. The van der Waals surface area contributed by atoms with Gasteiger partial charge < -0.3 is 9.55 Å². The number of hydrogen-bond donors (Lipinski definition) is 1. The first-order chi connectivity index (χ1) is 9.88. The molecule has 1 aromatic carbocycles. The Hall–Kier alpha value is -2.48. The van der Waals surface area contributed by atoms with Crippen molar-refractivity contribution in [3.05, 3.63) is 60.2 Å². The smallest absolute Gasteiger partial charge is 0.312 e. The topological polar surface area (TPSA) is 76.9 Å². The van der Waals surface area contributed by atoms with Gasteiger partial charge in [0.15, 0.2) is 0 Å². The fraction of sp³-hybridized carbons (Fsp3) is 0.154. The van der Waals surface area contributed by atoms with E-state index in [1.807, 2.05) is 0 Å². The van der Waals surface area contributed by atoms with Gasteiger partial charge in [0.1, 0.15) is 5.82 Å². The van der Waals surface area contributed by atoms with Gasteiger partial charge in [-0.25, -0.2) is 13.8 Å². The number of aromatic amines is 1. The van der Waals surface area contributed by atoms with Crippen LogP contribution in [-0.4, -0.2) is 14.1 Å². The van der Waals surface area contributed by atoms with Gasteiger partial charge in [-0.05, 0) is 19.1 Å². The van der Waals surface area contributed by atoms with E-state index in [4.69, 9.17) is 0 Å². The first kappa shape index (κ1) is 13.5. The molecule has 0 aliphatic carbocycles. The van der Waals surface area contributed by atoms with Gasteiger partial charge in [-0.1, -0.05) is 11.3 Å². The zero-order chi connectivity index (χ0) is 15.3. The molecule has 0 saturated carbocycles. The third-order valence-electron chi connectivity index (χ3n) is 3.29. The molecule has 0 unspecified atom stereocenters. The Morgan fingerprint density at radius 3 is 2.62 bits per heavy atom. The van der Waals surface area contributed by atoms with Gasteiger partial charge in [0.2, 0.25) is 0 Å². The third-order valence-corrected chi connectivity index (χ3v) is 4.13. The van der Waals surface area contributed by atoms with Crippen molar-refractivity contribution in [2.75, 3.05) is 0 Å². The molecule has 8 heteroatoms. The van der Waals surface area contributed by atoms with E-state index in [1.165, 1.54) is 23.7 Å². The fourth-order valence-corrected chi connectivity index (χ4v) is 2.83. The Bertz CT molecular complexity index is 1040. The monoisotopic (exact) mass is 307 g/mol. The summed E-state index contributed by atoms with van der Waals surface area (Å²) in [6.07, 6.45) is 0. The minimum atomic E-state index is -0.735. The number of H-pyrrole nitrogens is 1. The molecule has 0 spiro atoms. The maximum atomic E-state index is 14.2. The number of nitrogens with one attached hydrogen (secondary N) is 1. The molecule has 0 fully saturated rings. The predicted octanol–water partition coefficient (Wildman–Crippen LogP) is 0.887. The van der Waals surface area contributed by atoms with Crippen LogP contribution in [0.25, 0.3) is 15.9 Å². The predicted molar refractivity (Wildman–Crippen MR) is 78.0 cm³/mol. The van der Waals surface area contributed by atoms with Gasteiger partial charge in [-0.3, -0.25) is 9.59 Å². The average Bonchev–Trinajstić information content (AvgIpc) is 2.75. The van der Waals surface area contributed by atoms with Gasteiger partial charge in [0, 0.05) is 18.8 Å². The lowest BCUT2D eigenvalue weighted by molar-refractivity contribution is 0.607. The highest BCUT2D eigenvalue weighted by Gasteiger charge is 2.14. The molecule has 108 valence electrons. The number of benzene rings is 1. The summed E-state index contributed by atoms with van der Waals surface area (Å²) in [5.41, 5.74) is -0.577. The summed E-state index contributed by atoms with van der Waals surface area (Å²) in [6.45, 7) is 1.61. The lowest BCUT2D eigenvalue weighted by Gasteiger charge is -2.10. The molecule has 21 heavy (non-hydrogen) atoms. The molecule has 0 radical (unpaired) electrons. The largest absolute Gasteiger partial charge is 0.335 e. The van der Waals surface area contributed by atoms with E-state index in [0.29, 0.717) is 15.9 Å². The zero-order valence-corrected chi connectivity index (χ0v) is 12.0. The van der Waals surface area contributed by atoms with E-state index in [1.54, 1.807) is 6.92 Å². The molecule has 1 N–H and O–H groups in total. The molecule has 0 aliphatic heterocycles. The molecule has 0 amide bonds. The molecule has 0 bridgehead atoms. The normalized spacial score (nSPS) is 11.2. The summed E-state index contributed by atoms with van der Waals surface area (Å²) in [5, 5.41) is 0. The number of aromatic nitrogens is 3. The van der Waals surface area contributed by atoms with Crippen LogP contribution in [0.1, 0.15) is 5.69 Å². The van der Waals surface area contributed by atoms with Crippen LogP contribution in [-0.2, 0) is 7.05 Å². The highest BCUT2D eigenvalue weighted by atomic mass is 32.1. The van der Waals surface area contributed by atoms with Crippen LogP contribution in [0.5, 0.6) is 0 Å². The molecule has 3 rings (SSSR count). The lowest BCUT2D eigenvalue weighted by atomic mass is 10.2. The van der Waals surface area contributed by atoms with E-state index in [-0.39, 0.29) is 10.6 Å². The number of aryl methyl sites for hydroxylation is 1. The first-order valence-corrected chi connectivity index (χ1v) is 6.82. The van der Waals surface area contributed by atoms with Crippen molar-refractivity contribution in [1.82, 2.24) is 14.1 Å². The highest BCUT2D eigenvalue weighted by Crippen LogP contribution is 2.20. The van der Waals surface area contributed by atoms with Crippen molar-refractivity contribution in [1.29, 1.82) is 0 Å². The average molecular weight is 307 g/mol. The van der Waals surface area contributed by atoms with Gasteiger partial charge in [0.05, 0.1) is 15.9 Å². The first-order valence-electron chi connectivity index (χ1n) is 6.01. The Morgan fingerprint density at radius 1 is 1.19 bits per heavy atom. The molecular formula is C13H10FN3O3S. The van der Waals surface area contributed by atoms with Crippen molar-refractivity contribution in [3.63, 3.8) is 0 Å². The van der Waals surface area contributed by atoms with Crippen LogP contribution in [0, 0.1) is 12.7 Å². The minimum Gasteiger partial charge on any atom is -0.312 e. The zero-order valence-electron chi connectivity index (χ0n) is 11.1. The van der Waals surface area contributed by atoms with Crippen molar-refractivity contribution < 1.29 is 4.39 Å². The SMILES string of the molecule is Cc1cc(=O)n(-c2cc3[nH]c(=O)sc3cc2F)c(=O)n1C. The molecular weight excluding hydrogens is 297 g/mol. The van der Waals surface area contributed by atoms with Gasteiger partial charge in [0.25, 0.3) is 5.56 Å². The van der Waals surface area contributed by atoms with Crippen molar-refractivity contribution in [2.24, 2.45) is 7.05 Å². The number of fused-ring (bicyclic) bond motifs is 1. The molecule has 3 aromatic rings. The van der Waals surface area contributed by atoms with Crippen LogP contribution in [0.2, 0.25) is 0 Å². The molecule has 0 atom stereocenters. The molecule has 0 aliphatic rings. The van der Waals surface area contributed by atoms with Crippen LogP contribution in [0.4, 0.5) is 4.39 Å². The number of nitrogens with zero attached hydrogens (tertiary/aromatic N) is 2. The molecule has 6 nitrogen and oxygen atoms in total. The minimum absolute atomic E-state index is 0.179. The Labute approximate surface area is 120 Å². The maximum absolute atomic E-state index is 14.2. The second-order valence-electron chi connectivity index (χ2n) is 4.62. The van der Waals surface area contributed by atoms with Gasteiger partial charge in [-0.15, -0.1) is 0 Å². The standard InChI is InChI=1S/C13H10FN3O3S/c1-6-3-11(18)17(13(20)16(6)2)9-5-8-10(4-7(9)14)21-12(19)15-8/h3-5H,1-2H3,(H,15,19).